The predicted octanol–water partition coefficient (Wildman–Crippen LogP) is 1.17. The van der Waals surface area contributed by atoms with Crippen molar-refractivity contribution in [2.75, 3.05) is 5.32 Å². The van der Waals surface area contributed by atoms with Gasteiger partial charge in [-0.3, -0.25) is 0 Å². The number of rotatable bonds is 1. The molecule has 1 unspecified atom stereocenters. The minimum Gasteiger partial charge on any atom is -0.480 e. The van der Waals surface area contributed by atoms with Crippen LogP contribution in [0.5, 0.6) is 0 Å². The summed E-state index contributed by atoms with van der Waals surface area (Å²) in [4.78, 5) is 10.5. The topological polar surface area (TPSA) is 49.3 Å². The van der Waals surface area contributed by atoms with Crippen LogP contribution in [0.25, 0.3) is 0 Å². The Kier molecular flexibility index (Phi) is 1.35. The molecule has 2 N–H and O–H groups in total. The molecule has 1 aromatic heterocycles. The second-order valence-corrected chi connectivity index (χ2v) is 3.43. The van der Waals surface area contributed by atoms with Crippen LogP contribution in [0.1, 0.15) is 5.56 Å². The number of carbonyl (C=O) groups is 1. The SMILES string of the molecule is O=C(O)C1Cc2ccsc2N1. The van der Waals surface area contributed by atoms with E-state index in [0.717, 1.165) is 10.6 Å². The number of carboxylic acids is 1. The Balaban J connectivity index is 2.22. The molecule has 1 aliphatic rings. The van der Waals surface area contributed by atoms with Crippen molar-refractivity contribution in [2.45, 2.75) is 12.5 Å². The summed E-state index contributed by atoms with van der Waals surface area (Å²) in [6.07, 6.45) is 0.619. The third-order valence-electron chi connectivity index (χ3n) is 1.77. The lowest BCUT2D eigenvalue weighted by Crippen LogP contribution is -2.26. The number of hydrogen-bond acceptors (Lipinski definition) is 3. The van der Waals surface area contributed by atoms with E-state index in [-0.39, 0.29) is 0 Å². The molecule has 0 saturated carbocycles. The number of thiophene rings is 1. The van der Waals surface area contributed by atoms with Gasteiger partial charge in [-0.25, -0.2) is 4.79 Å². The third kappa shape index (κ3) is 0.991. The van der Waals surface area contributed by atoms with Crippen molar-refractivity contribution >= 4 is 22.3 Å². The Morgan fingerprint density at radius 2 is 2.64 bits per heavy atom. The highest BCUT2D eigenvalue weighted by molar-refractivity contribution is 7.14. The van der Waals surface area contributed by atoms with Gasteiger partial charge in [-0.1, -0.05) is 0 Å². The number of fused-ring (bicyclic) bond motifs is 1. The van der Waals surface area contributed by atoms with Gasteiger partial charge in [0.25, 0.3) is 0 Å². The second kappa shape index (κ2) is 2.23. The van der Waals surface area contributed by atoms with Crippen molar-refractivity contribution in [1.82, 2.24) is 0 Å². The molecule has 1 aromatic rings. The maximum atomic E-state index is 10.5. The van der Waals surface area contributed by atoms with Gasteiger partial charge >= 0.3 is 5.97 Å². The molecular formula is C7H7NO2S. The van der Waals surface area contributed by atoms with Crippen LogP contribution >= 0.6 is 11.3 Å². The first kappa shape index (κ1) is 6.67. The molecule has 3 nitrogen and oxygen atoms in total. The average Bonchev–Trinajstić information content (AvgIpc) is 2.40. The molecule has 0 bridgehead atoms. The number of hydrogen-bond donors (Lipinski definition) is 2. The summed E-state index contributed by atoms with van der Waals surface area (Å²) in [6.45, 7) is 0. The number of anilines is 1. The van der Waals surface area contributed by atoms with Gasteiger partial charge in [0.1, 0.15) is 6.04 Å². The average molecular weight is 169 g/mol. The Labute approximate surface area is 67.7 Å². The van der Waals surface area contributed by atoms with Crippen molar-refractivity contribution in [2.24, 2.45) is 0 Å². The summed E-state index contributed by atoms with van der Waals surface area (Å²) < 4.78 is 0. The molecule has 1 atom stereocenters. The van der Waals surface area contributed by atoms with Crippen LogP contribution in [-0.4, -0.2) is 17.1 Å². The molecule has 0 aliphatic carbocycles. The molecule has 1 aliphatic heterocycles. The molecular weight excluding hydrogens is 162 g/mol. The molecule has 2 rings (SSSR count). The fourth-order valence-electron chi connectivity index (χ4n) is 1.20. The first-order chi connectivity index (χ1) is 5.27. The number of aliphatic carboxylic acids is 1. The third-order valence-corrected chi connectivity index (χ3v) is 2.66. The van der Waals surface area contributed by atoms with E-state index in [2.05, 4.69) is 5.32 Å². The minimum absolute atomic E-state index is 0.405. The molecule has 58 valence electrons. The van der Waals surface area contributed by atoms with E-state index in [1.807, 2.05) is 11.4 Å². The fraction of sp³-hybridized carbons (Fsp3) is 0.286. The predicted molar refractivity (Wildman–Crippen MR) is 43.1 cm³/mol. The lowest BCUT2D eigenvalue weighted by atomic mass is 10.2. The van der Waals surface area contributed by atoms with Crippen LogP contribution in [-0.2, 0) is 11.2 Å². The van der Waals surface area contributed by atoms with Crippen molar-refractivity contribution in [3.8, 4) is 0 Å². The van der Waals surface area contributed by atoms with Gasteiger partial charge in [0.05, 0.1) is 5.00 Å². The zero-order chi connectivity index (χ0) is 7.84. The van der Waals surface area contributed by atoms with E-state index < -0.39 is 12.0 Å². The summed E-state index contributed by atoms with van der Waals surface area (Å²) >= 11 is 1.56. The summed E-state index contributed by atoms with van der Waals surface area (Å²) in [5.41, 5.74) is 1.13. The van der Waals surface area contributed by atoms with Gasteiger partial charge in [0, 0.05) is 6.42 Å². The highest BCUT2D eigenvalue weighted by atomic mass is 32.1. The second-order valence-electron chi connectivity index (χ2n) is 2.51. The van der Waals surface area contributed by atoms with Crippen LogP contribution in [0, 0.1) is 0 Å². The molecule has 11 heavy (non-hydrogen) atoms. The van der Waals surface area contributed by atoms with Crippen LogP contribution in [0.4, 0.5) is 5.00 Å². The molecule has 0 spiro atoms. The van der Waals surface area contributed by atoms with E-state index in [0.29, 0.717) is 6.42 Å². The van der Waals surface area contributed by atoms with Crippen LogP contribution < -0.4 is 5.32 Å². The molecule has 0 amide bonds. The first-order valence-electron chi connectivity index (χ1n) is 3.33. The van der Waals surface area contributed by atoms with Gasteiger partial charge in [-0.15, -0.1) is 11.3 Å². The van der Waals surface area contributed by atoms with Gasteiger partial charge in [-0.2, -0.15) is 0 Å². The van der Waals surface area contributed by atoms with Crippen molar-refractivity contribution < 1.29 is 9.90 Å². The zero-order valence-corrected chi connectivity index (χ0v) is 6.52. The van der Waals surface area contributed by atoms with E-state index >= 15 is 0 Å². The number of nitrogens with one attached hydrogen (secondary N) is 1. The summed E-state index contributed by atoms with van der Waals surface area (Å²) in [5.74, 6) is -0.770. The van der Waals surface area contributed by atoms with E-state index in [1.54, 1.807) is 11.3 Å². The van der Waals surface area contributed by atoms with Gasteiger partial charge in [-0.05, 0) is 17.0 Å². The molecule has 4 heteroatoms. The summed E-state index contributed by atoms with van der Waals surface area (Å²) in [7, 11) is 0. The standard InChI is InChI=1S/C7H7NO2S/c9-7(10)5-3-4-1-2-11-6(4)8-5/h1-2,5,8H,3H2,(H,9,10). The lowest BCUT2D eigenvalue weighted by molar-refractivity contribution is -0.137. The monoisotopic (exact) mass is 169 g/mol. The molecule has 0 aromatic carbocycles. The minimum atomic E-state index is -0.770. The van der Waals surface area contributed by atoms with Crippen LogP contribution in [0.3, 0.4) is 0 Å². The summed E-state index contributed by atoms with van der Waals surface area (Å²) in [5, 5.41) is 14.6. The quantitative estimate of drug-likeness (QED) is 0.663. The molecule has 0 radical (unpaired) electrons. The summed E-state index contributed by atoms with van der Waals surface area (Å²) in [6, 6.07) is 1.56. The maximum absolute atomic E-state index is 10.5. The van der Waals surface area contributed by atoms with Crippen molar-refractivity contribution in [3.63, 3.8) is 0 Å². The molecule has 0 fully saturated rings. The van der Waals surface area contributed by atoms with E-state index in [1.165, 1.54) is 0 Å². The largest absolute Gasteiger partial charge is 0.480 e. The Bertz CT molecular complexity index is 274. The van der Waals surface area contributed by atoms with Crippen LogP contribution in [0.15, 0.2) is 11.4 Å². The Hall–Kier alpha value is -1.03. The maximum Gasteiger partial charge on any atom is 0.326 e. The normalized spacial score (nSPS) is 20.9. The van der Waals surface area contributed by atoms with Crippen molar-refractivity contribution in [1.29, 1.82) is 0 Å². The van der Waals surface area contributed by atoms with Crippen LogP contribution in [0.2, 0.25) is 0 Å². The first-order valence-corrected chi connectivity index (χ1v) is 4.21. The van der Waals surface area contributed by atoms with Crippen molar-refractivity contribution in [3.05, 3.63) is 17.0 Å². The highest BCUT2D eigenvalue weighted by Crippen LogP contribution is 2.30. The smallest absolute Gasteiger partial charge is 0.326 e. The van der Waals surface area contributed by atoms with E-state index in [9.17, 15) is 4.79 Å². The Morgan fingerprint density at radius 1 is 1.82 bits per heavy atom. The van der Waals surface area contributed by atoms with Gasteiger partial charge in [0.2, 0.25) is 0 Å². The molecule has 2 heterocycles. The molecule has 0 saturated heterocycles. The number of carboxylic acid groups (broad SMARTS) is 1. The highest BCUT2D eigenvalue weighted by Gasteiger charge is 2.26. The van der Waals surface area contributed by atoms with Gasteiger partial charge in [0.15, 0.2) is 0 Å². The van der Waals surface area contributed by atoms with E-state index in [4.69, 9.17) is 5.11 Å². The fourth-order valence-corrected chi connectivity index (χ4v) is 2.08. The Morgan fingerprint density at radius 3 is 3.27 bits per heavy atom. The lowest BCUT2D eigenvalue weighted by Gasteiger charge is -2.02. The zero-order valence-electron chi connectivity index (χ0n) is 5.70. The van der Waals surface area contributed by atoms with Gasteiger partial charge < -0.3 is 10.4 Å².